The fourth-order valence-corrected chi connectivity index (χ4v) is 1.48. The highest BCUT2D eigenvalue weighted by Gasteiger charge is 2.39. The number of nitrogens with two attached hydrogens (primary N) is 1. The molecule has 0 spiro atoms. The standard InChI is InChI=1S/C8H17NO/c1-7(2)4-5-8(3,6-9)10-7/h4-6,9H2,1-3H3. The van der Waals surface area contributed by atoms with Crippen LogP contribution < -0.4 is 5.73 Å². The van der Waals surface area contributed by atoms with E-state index in [-0.39, 0.29) is 11.2 Å². The van der Waals surface area contributed by atoms with Crippen LogP contribution in [0.15, 0.2) is 0 Å². The second-order valence-electron chi connectivity index (χ2n) is 4.02. The Bertz CT molecular complexity index is 133. The van der Waals surface area contributed by atoms with Crippen LogP contribution in [0, 0.1) is 0 Å². The van der Waals surface area contributed by atoms with Gasteiger partial charge in [-0.05, 0) is 33.6 Å². The maximum Gasteiger partial charge on any atom is 0.0784 e. The van der Waals surface area contributed by atoms with Crippen molar-refractivity contribution in [2.24, 2.45) is 5.73 Å². The van der Waals surface area contributed by atoms with E-state index in [1.165, 1.54) is 0 Å². The average Bonchev–Trinajstić information content (AvgIpc) is 2.08. The largest absolute Gasteiger partial charge is 0.368 e. The summed E-state index contributed by atoms with van der Waals surface area (Å²) in [7, 11) is 0. The quantitative estimate of drug-likeness (QED) is 0.600. The first-order valence-electron chi connectivity index (χ1n) is 3.88. The average molecular weight is 143 g/mol. The predicted octanol–water partition coefficient (Wildman–Crippen LogP) is 1.29. The minimum Gasteiger partial charge on any atom is -0.368 e. The number of hydrogen-bond acceptors (Lipinski definition) is 2. The third-order valence-corrected chi connectivity index (χ3v) is 2.21. The van der Waals surface area contributed by atoms with Crippen molar-refractivity contribution in [1.29, 1.82) is 0 Å². The van der Waals surface area contributed by atoms with Crippen LogP contribution in [0.2, 0.25) is 0 Å². The first-order valence-corrected chi connectivity index (χ1v) is 3.88. The molecule has 1 saturated heterocycles. The van der Waals surface area contributed by atoms with E-state index in [9.17, 15) is 0 Å². The Morgan fingerprint density at radius 1 is 1.30 bits per heavy atom. The van der Waals surface area contributed by atoms with Crippen LogP contribution in [0.5, 0.6) is 0 Å². The summed E-state index contributed by atoms with van der Waals surface area (Å²) in [5.74, 6) is 0. The van der Waals surface area contributed by atoms with Crippen LogP contribution in [0.1, 0.15) is 33.6 Å². The zero-order valence-corrected chi connectivity index (χ0v) is 7.11. The van der Waals surface area contributed by atoms with Gasteiger partial charge in [-0.2, -0.15) is 0 Å². The Morgan fingerprint density at radius 2 is 1.90 bits per heavy atom. The molecule has 0 aromatic carbocycles. The first-order chi connectivity index (χ1) is 4.47. The molecule has 10 heavy (non-hydrogen) atoms. The normalized spacial score (nSPS) is 38.4. The van der Waals surface area contributed by atoms with E-state index in [1.54, 1.807) is 0 Å². The molecule has 2 heteroatoms. The third kappa shape index (κ3) is 1.50. The molecule has 1 atom stereocenters. The van der Waals surface area contributed by atoms with Crippen LogP contribution in [-0.4, -0.2) is 17.7 Å². The molecule has 0 amide bonds. The molecule has 0 aromatic rings. The van der Waals surface area contributed by atoms with Crippen LogP contribution in [-0.2, 0) is 4.74 Å². The summed E-state index contributed by atoms with van der Waals surface area (Å²) in [6, 6.07) is 0. The molecule has 0 aromatic heterocycles. The highest BCUT2D eigenvalue weighted by Crippen LogP contribution is 2.36. The fraction of sp³-hybridized carbons (Fsp3) is 1.00. The van der Waals surface area contributed by atoms with Gasteiger partial charge in [0, 0.05) is 6.54 Å². The second-order valence-corrected chi connectivity index (χ2v) is 4.02. The van der Waals surface area contributed by atoms with Crippen LogP contribution in [0.4, 0.5) is 0 Å². The molecule has 60 valence electrons. The number of rotatable bonds is 1. The minimum absolute atomic E-state index is 0.0497. The van der Waals surface area contributed by atoms with Gasteiger partial charge in [-0.15, -0.1) is 0 Å². The highest BCUT2D eigenvalue weighted by atomic mass is 16.5. The van der Waals surface area contributed by atoms with Crippen LogP contribution >= 0.6 is 0 Å². The van der Waals surface area contributed by atoms with Crippen molar-refractivity contribution < 1.29 is 4.74 Å². The monoisotopic (exact) mass is 143 g/mol. The van der Waals surface area contributed by atoms with E-state index in [0.29, 0.717) is 6.54 Å². The van der Waals surface area contributed by atoms with Gasteiger partial charge in [0.25, 0.3) is 0 Å². The molecule has 0 aliphatic carbocycles. The molecule has 1 heterocycles. The molecule has 0 bridgehead atoms. The van der Waals surface area contributed by atoms with Gasteiger partial charge in [-0.25, -0.2) is 0 Å². The van der Waals surface area contributed by atoms with E-state index in [1.807, 2.05) is 0 Å². The Labute approximate surface area is 62.7 Å². The summed E-state index contributed by atoms with van der Waals surface area (Å²) >= 11 is 0. The smallest absolute Gasteiger partial charge is 0.0784 e. The Morgan fingerprint density at radius 3 is 2.10 bits per heavy atom. The van der Waals surface area contributed by atoms with Crippen LogP contribution in [0.3, 0.4) is 0 Å². The lowest BCUT2D eigenvalue weighted by Crippen LogP contribution is -2.36. The Balaban J connectivity index is 2.57. The molecule has 1 aliphatic heterocycles. The summed E-state index contributed by atoms with van der Waals surface area (Å²) in [5.41, 5.74) is 5.56. The van der Waals surface area contributed by atoms with E-state index < -0.39 is 0 Å². The van der Waals surface area contributed by atoms with E-state index >= 15 is 0 Å². The lowest BCUT2D eigenvalue weighted by molar-refractivity contribution is -0.0694. The molecule has 0 saturated carbocycles. The molecular weight excluding hydrogens is 126 g/mol. The van der Waals surface area contributed by atoms with Crippen molar-refractivity contribution in [2.45, 2.75) is 44.8 Å². The first kappa shape index (κ1) is 8.02. The van der Waals surface area contributed by atoms with Crippen molar-refractivity contribution >= 4 is 0 Å². The SMILES string of the molecule is CC1(C)CCC(C)(CN)O1. The maximum absolute atomic E-state index is 5.76. The van der Waals surface area contributed by atoms with Gasteiger partial charge >= 0.3 is 0 Å². The van der Waals surface area contributed by atoms with Gasteiger partial charge < -0.3 is 10.5 Å². The van der Waals surface area contributed by atoms with E-state index in [4.69, 9.17) is 10.5 Å². The lowest BCUT2D eigenvalue weighted by Gasteiger charge is -2.26. The summed E-state index contributed by atoms with van der Waals surface area (Å²) in [6.07, 6.45) is 2.22. The molecule has 2 N–H and O–H groups in total. The molecule has 1 aliphatic rings. The number of hydrogen-bond donors (Lipinski definition) is 1. The molecular formula is C8H17NO. The zero-order chi connectivity index (χ0) is 7.83. The highest BCUT2D eigenvalue weighted by molar-refractivity contribution is 4.90. The van der Waals surface area contributed by atoms with Gasteiger partial charge in [0.1, 0.15) is 0 Å². The Hall–Kier alpha value is -0.0800. The van der Waals surface area contributed by atoms with Crippen molar-refractivity contribution in [3.63, 3.8) is 0 Å². The molecule has 1 fully saturated rings. The molecule has 1 unspecified atom stereocenters. The molecule has 1 rings (SSSR count). The molecule has 0 radical (unpaired) electrons. The van der Waals surface area contributed by atoms with E-state index in [0.717, 1.165) is 12.8 Å². The summed E-state index contributed by atoms with van der Waals surface area (Å²) in [6.45, 7) is 6.96. The minimum atomic E-state index is -0.0521. The van der Waals surface area contributed by atoms with Crippen molar-refractivity contribution in [2.75, 3.05) is 6.54 Å². The van der Waals surface area contributed by atoms with Gasteiger partial charge in [0.2, 0.25) is 0 Å². The summed E-state index contributed by atoms with van der Waals surface area (Å²) in [5, 5.41) is 0. The van der Waals surface area contributed by atoms with Gasteiger partial charge in [-0.3, -0.25) is 0 Å². The van der Waals surface area contributed by atoms with Gasteiger partial charge in [0.15, 0.2) is 0 Å². The third-order valence-electron chi connectivity index (χ3n) is 2.21. The summed E-state index contributed by atoms with van der Waals surface area (Å²) in [4.78, 5) is 0. The van der Waals surface area contributed by atoms with Crippen LogP contribution in [0.25, 0.3) is 0 Å². The van der Waals surface area contributed by atoms with Gasteiger partial charge in [-0.1, -0.05) is 0 Å². The number of ether oxygens (including phenoxy) is 1. The van der Waals surface area contributed by atoms with Crippen molar-refractivity contribution in [1.82, 2.24) is 0 Å². The Kier molecular flexibility index (Phi) is 1.77. The van der Waals surface area contributed by atoms with Crippen molar-refractivity contribution in [3.8, 4) is 0 Å². The predicted molar refractivity (Wildman–Crippen MR) is 41.9 cm³/mol. The molecule has 2 nitrogen and oxygen atoms in total. The van der Waals surface area contributed by atoms with Gasteiger partial charge in [0.05, 0.1) is 11.2 Å². The van der Waals surface area contributed by atoms with E-state index in [2.05, 4.69) is 20.8 Å². The van der Waals surface area contributed by atoms with Crippen molar-refractivity contribution in [3.05, 3.63) is 0 Å². The lowest BCUT2D eigenvalue weighted by atomic mass is 10.00. The second kappa shape index (κ2) is 2.21. The topological polar surface area (TPSA) is 35.2 Å². The fourth-order valence-electron chi connectivity index (χ4n) is 1.48. The summed E-state index contributed by atoms with van der Waals surface area (Å²) < 4.78 is 5.76. The maximum atomic E-state index is 5.76. The zero-order valence-electron chi connectivity index (χ0n) is 7.11.